The number of benzene rings is 2. The molecule has 5 nitrogen and oxygen atoms in total. The standard InChI is InChI=1S/C20H21ClN2O3/c1-12-17(18-10-14(21)4-5-19(18)23-12)6-7-22-20(24)13-8-15(25-2)11-16(9-13)26-3/h4-5,8-11,23H,6-7H2,1-3H3,(H,22,24). The molecule has 0 aliphatic carbocycles. The van der Waals surface area contributed by atoms with Crippen LogP contribution in [0.15, 0.2) is 36.4 Å². The zero-order valence-corrected chi connectivity index (χ0v) is 15.7. The van der Waals surface area contributed by atoms with Crippen LogP contribution in [-0.4, -0.2) is 31.7 Å². The van der Waals surface area contributed by atoms with E-state index in [-0.39, 0.29) is 5.91 Å². The number of aryl methyl sites for hydroxylation is 1. The summed E-state index contributed by atoms with van der Waals surface area (Å²) in [7, 11) is 3.11. The van der Waals surface area contributed by atoms with Gasteiger partial charge in [0.05, 0.1) is 14.2 Å². The summed E-state index contributed by atoms with van der Waals surface area (Å²) in [6.45, 7) is 2.54. The fourth-order valence-corrected chi connectivity index (χ4v) is 3.19. The van der Waals surface area contributed by atoms with Gasteiger partial charge in [0.2, 0.25) is 0 Å². The van der Waals surface area contributed by atoms with Gasteiger partial charge in [-0.15, -0.1) is 0 Å². The molecule has 2 N–H and O–H groups in total. The van der Waals surface area contributed by atoms with Crippen LogP contribution in [-0.2, 0) is 6.42 Å². The van der Waals surface area contributed by atoms with Gasteiger partial charge in [-0.25, -0.2) is 0 Å². The highest BCUT2D eigenvalue weighted by atomic mass is 35.5. The Hall–Kier alpha value is -2.66. The number of aromatic amines is 1. The molecule has 3 aromatic rings. The first-order chi connectivity index (χ1) is 12.5. The molecule has 26 heavy (non-hydrogen) atoms. The molecule has 1 amide bonds. The summed E-state index contributed by atoms with van der Waals surface area (Å²) in [5.74, 6) is 0.992. The third-order valence-corrected chi connectivity index (χ3v) is 4.59. The molecule has 6 heteroatoms. The van der Waals surface area contributed by atoms with Crippen LogP contribution in [0.1, 0.15) is 21.6 Å². The van der Waals surface area contributed by atoms with E-state index in [2.05, 4.69) is 10.3 Å². The lowest BCUT2D eigenvalue weighted by molar-refractivity contribution is 0.0953. The van der Waals surface area contributed by atoms with Crippen LogP contribution in [0.4, 0.5) is 0 Å². The van der Waals surface area contributed by atoms with Crippen molar-refractivity contribution in [1.29, 1.82) is 0 Å². The van der Waals surface area contributed by atoms with Gasteiger partial charge >= 0.3 is 0 Å². The normalized spacial score (nSPS) is 10.8. The Morgan fingerprint density at radius 2 is 1.81 bits per heavy atom. The zero-order valence-electron chi connectivity index (χ0n) is 15.0. The number of ether oxygens (including phenoxy) is 2. The third-order valence-electron chi connectivity index (χ3n) is 4.36. The summed E-state index contributed by atoms with van der Waals surface area (Å²) in [6, 6.07) is 10.9. The molecule has 0 aliphatic heterocycles. The molecule has 0 spiro atoms. The molecule has 2 aromatic carbocycles. The molecule has 0 atom stereocenters. The lowest BCUT2D eigenvalue weighted by Crippen LogP contribution is -2.25. The average Bonchev–Trinajstić information content (AvgIpc) is 2.96. The summed E-state index contributed by atoms with van der Waals surface area (Å²) < 4.78 is 10.4. The van der Waals surface area contributed by atoms with E-state index in [0.717, 1.165) is 22.2 Å². The second kappa shape index (κ2) is 7.70. The molecular formula is C20H21ClN2O3. The summed E-state index contributed by atoms with van der Waals surface area (Å²) in [5, 5.41) is 4.74. The predicted octanol–water partition coefficient (Wildman–Crippen LogP) is 4.12. The highest BCUT2D eigenvalue weighted by molar-refractivity contribution is 6.31. The van der Waals surface area contributed by atoms with Gasteiger partial charge in [-0.05, 0) is 49.2 Å². The maximum Gasteiger partial charge on any atom is 0.251 e. The summed E-state index contributed by atoms with van der Waals surface area (Å²) in [5.41, 5.74) is 3.79. The van der Waals surface area contributed by atoms with Gasteiger partial charge in [0.1, 0.15) is 11.5 Å². The first-order valence-corrected chi connectivity index (χ1v) is 8.67. The van der Waals surface area contributed by atoms with E-state index in [1.54, 1.807) is 32.4 Å². The van der Waals surface area contributed by atoms with Crippen LogP contribution < -0.4 is 14.8 Å². The van der Waals surface area contributed by atoms with Crippen LogP contribution in [0.25, 0.3) is 10.9 Å². The molecule has 0 bridgehead atoms. The summed E-state index contributed by atoms with van der Waals surface area (Å²) in [4.78, 5) is 15.8. The zero-order chi connectivity index (χ0) is 18.7. The van der Waals surface area contributed by atoms with Crippen LogP contribution in [0.3, 0.4) is 0 Å². The smallest absolute Gasteiger partial charge is 0.251 e. The van der Waals surface area contributed by atoms with E-state index >= 15 is 0 Å². The van der Waals surface area contributed by atoms with E-state index in [1.165, 1.54) is 0 Å². The highest BCUT2D eigenvalue weighted by Crippen LogP contribution is 2.26. The van der Waals surface area contributed by atoms with Crippen molar-refractivity contribution in [3.63, 3.8) is 0 Å². The van der Waals surface area contributed by atoms with Crippen LogP contribution >= 0.6 is 11.6 Å². The van der Waals surface area contributed by atoms with E-state index in [0.29, 0.717) is 35.1 Å². The first-order valence-electron chi connectivity index (χ1n) is 8.30. The minimum atomic E-state index is -0.169. The molecule has 136 valence electrons. The fraction of sp³-hybridized carbons (Fsp3) is 0.250. The molecule has 0 unspecified atom stereocenters. The first kappa shape index (κ1) is 18.1. The fourth-order valence-electron chi connectivity index (χ4n) is 3.02. The minimum Gasteiger partial charge on any atom is -0.497 e. The quantitative estimate of drug-likeness (QED) is 0.684. The van der Waals surface area contributed by atoms with Gasteiger partial charge in [-0.1, -0.05) is 11.6 Å². The molecular weight excluding hydrogens is 352 g/mol. The topological polar surface area (TPSA) is 63.4 Å². The number of H-pyrrole nitrogens is 1. The Morgan fingerprint density at radius 1 is 1.12 bits per heavy atom. The Balaban J connectivity index is 1.71. The van der Waals surface area contributed by atoms with Gasteiger partial charge in [-0.2, -0.15) is 0 Å². The maximum atomic E-state index is 12.5. The van der Waals surface area contributed by atoms with Crippen molar-refractivity contribution in [1.82, 2.24) is 10.3 Å². The van der Waals surface area contributed by atoms with Crippen molar-refractivity contribution in [2.24, 2.45) is 0 Å². The van der Waals surface area contributed by atoms with E-state index in [4.69, 9.17) is 21.1 Å². The largest absolute Gasteiger partial charge is 0.497 e. The Morgan fingerprint density at radius 3 is 2.46 bits per heavy atom. The summed E-state index contributed by atoms with van der Waals surface area (Å²) in [6.07, 6.45) is 0.707. The molecule has 1 heterocycles. The number of methoxy groups -OCH3 is 2. The number of carbonyl (C=O) groups excluding carboxylic acids is 1. The Labute approximate surface area is 157 Å². The van der Waals surface area contributed by atoms with Crippen molar-refractivity contribution >= 4 is 28.4 Å². The number of halogens is 1. The number of amides is 1. The number of aromatic nitrogens is 1. The van der Waals surface area contributed by atoms with E-state index < -0.39 is 0 Å². The Bertz CT molecular complexity index is 927. The van der Waals surface area contributed by atoms with Crippen LogP contribution in [0.2, 0.25) is 5.02 Å². The van der Waals surface area contributed by atoms with Gasteiger partial charge in [0.25, 0.3) is 5.91 Å². The number of hydrogen-bond acceptors (Lipinski definition) is 3. The van der Waals surface area contributed by atoms with Crippen molar-refractivity contribution in [3.8, 4) is 11.5 Å². The Kier molecular flexibility index (Phi) is 5.38. The number of fused-ring (bicyclic) bond motifs is 1. The number of nitrogens with one attached hydrogen (secondary N) is 2. The van der Waals surface area contributed by atoms with Crippen molar-refractivity contribution in [3.05, 3.63) is 58.2 Å². The second-order valence-electron chi connectivity index (χ2n) is 6.03. The summed E-state index contributed by atoms with van der Waals surface area (Å²) >= 11 is 6.11. The van der Waals surface area contributed by atoms with Gasteiger partial charge < -0.3 is 19.8 Å². The second-order valence-corrected chi connectivity index (χ2v) is 6.46. The number of carbonyl (C=O) groups is 1. The number of hydrogen-bond donors (Lipinski definition) is 2. The molecule has 1 aromatic heterocycles. The van der Waals surface area contributed by atoms with Crippen molar-refractivity contribution in [2.45, 2.75) is 13.3 Å². The monoisotopic (exact) mass is 372 g/mol. The van der Waals surface area contributed by atoms with Gasteiger partial charge in [0, 0.05) is 39.8 Å². The van der Waals surface area contributed by atoms with Crippen molar-refractivity contribution in [2.75, 3.05) is 20.8 Å². The van der Waals surface area contributed by atoms with E-state index in [9.17, 15) is 4.79 Å². The lowest BCUT2D eigenvalue weighted by Gasteiger charge is -2.09. The predicted molar refractivity (Wildman–Crippen MR) is 104 cm³/mol. The molecule has 0 aliphatic rings. The minimum absolute atomic E-state index is 0.169. The third kappa shape index (κ3) is 3.78. The van der Waals surface area contributed by atoms with Gasteiger partial charge in [-0.3, -0.25) is 4.79 Å². The number of rotatable bonds is 6. The van der Waals surface area contributed by atoms with E-state index in [1.807, 2.05) is 25.1 Å². The molecule has 0 saturated carbocycles. The lowest BCUT2D eigenvalue weighted by atomic mass is 10.1. The van der Waals surface area contributed by atoms with Crippen LogP contribution in [0, 0.1) is 6.92 Å². The molecule has 0 radical (unpaired) electrons. The highest BCUT2D eigenvalue weighted by Gasteiger charge is 2.12. The molecule has 3 rings (SSSR count). The van der Waals surface area contributed by atoms with Gasteiger partial charge in [0.15, 0.2) is 0 Å². The molecule has 0 saturated heterocycles. The van der Waals surface area contributed by atoms with Crippen molar-refractivity contribution < 1.29 is 14.3 Å². The maximum absolute atomic E-state index is 12.5. The van der Waals surface area contributed by atoms with Crippen LogP contribution in [0.5, 0.6) is 11.5 Å². The molecule has 0 fully saturated rings. The average molecular weight is 373 g/mol. The SMILES string of the molecule is COc1cc(OC)cc(C(=O)NCCc2c(C)[nH]c3ccc(Cl)cc23)c1.